The Labute approximate surface area is 518 Å². The van der Waals surface area contributed by atoms with Crippen LogP contribution in [0.4, 0.5) is 0 Å². The van der Waals surface area contributed by atoms with Crippen molar-refractivity contribution >= 4 is 12.3 Å². The number of ether oxygens (including phenoxy) is 1. The van der Waals surface area contributed by atoms with Crippen LogP contribution in [0.25, 0.3) is 0 Å². The van der Waals surface area contributed by atoms with Gasteiger partial charge in [0, 0.05) is 51.7 Å². The first-order valence-corrected chi connectivity index (χ1v) is 35.4. The number of likely N-dealkylation sites (N-methyl/N-ethyl adjacent to an activating group) is 1. The summed E-state index contributed by atoms with van der Waals surface area (Å²) in [5.74, 6) is 7.12. The van der Waals surface area contributed by atoms with Gasteiger partial charge in [0.2, 0.25) is 0 Å². The maximum absolute atomic E-state index is 15.6. The van der Waals surface area contributed by atoms with Gasteiger partial charge in [0.25, 0.3) is 0 Å². The van der Waals surface area contributed by atoms with E-state index in [9.17, 15) is 20.1 Å². The van der Waals surface area contributed by atoms with Gasteiger partial charge in [0.1, 0.15) is 18.0 Å². The molecule has 0 saturated heterocycles. The van der Waals surface area contributed by atoms with Crippen LogP contribution in [0.2, 0.25) is 0 Å². The third-order valence-corrected chi connectivity index (χ3v) is 29.5. The second-order valence-electron chi connectivity index (χ2n) is 32.7. The standard InChI is InChI=1S/C78H99NO8/c1-48(53-13-4-5-14-53)55-21-22-64-70(83)72-31-24-50(41-72)20-19-49-11-8-17-58(34-49)73(27-6-3-7-28-73)59-18-9-12-51(35-59)33-52-23-29-71(40-52)30-25-54-15-10-16-56(44-80)61(54)38-65(79-2)62-37-57-42-77(85)74(45-71,68(57)63-39-67(82)87-69(62)63)32-26-66-75(46-72,47-81)78(64,86)60(36-55)43-76(66,77)84/h8-12,15-18,34-35,39,47-48,50,52-53,55,57,60,62,64-66,68-70,79-80,83-86H,3-7,13-14,19-24,26-29,31-33,36-38,40-46H2,1-2H3. The molecule has 9 heteroatoms. The van der Waals surface area contributed by atoms with E-state index in [4.69, 9.17) is 4.74 Å². The minimum Gasteiger partial charge on any atom is -0.454 e. The first kappa shape index (κ1) is 58.0. The number of hydrogen-bond donors (Lipinski definition) is 6. The van der Waals surface area contributed by atoms with Crippen LogP contribution in [0.1, 0.15) is 213 Å². The summed E-state index contributed by atoms with van der Waals surface area (Å²) in [6.45, 7) is 2.32. The number of aldehydes is 1. The van der Waals surface area contributed by atoms with Crippen molar-refractivity contribution in [3.63, 3.8) is 0 Å². The fraction of sp³-hybridized carbons (Fsp3) is 0.692. The molecule has 14 aliphatic carbocycles. The van der Waals surface area contributed by atoms with E-state index in [1.54, 1.807) is 6.08 Å². The van der Waals surface area contributed by atoms with Crippen LogP contribution in [0.15, 0.2) is 78.4 Å². The number of hydrogen-bond acceptors (Lipinski definition) is 9. The van der Waals surface area contributed by atoms with Crippen molar-refractivity contribution in [2.24, 2.45) is 86.8 Å². The zero-order valence-electron chi connectivity index (χ0n) is 52.3. The smallest absolute Gasteiger partial charge is 0.331 e. The molecule has 3 aromatic carbocycles. The summed E-state index contributed by atoms with van der Waals surface area (Å²) < 4.78 is 6.61. The average Bonchev–Trinajstić information content (AvgIpc) is 1.62. The van der Waals surface area contributed by atoms with Crippen molar-refractivity contribution < 1.29 is 39.9 Å². The molecule has 15 bridgehead atoms. The second kappa shape index (κ2) is 20.9. The van der Waals surface area contributed by atoms with Crippen molar-refractivity contribution in [3.05, 3.63) is 117 Å². The van der Waals surface area contributed by atoms with Crippen LogP contribution >= 0.6 is 0 Å². The molecule has 20 atom stereocenters. The van der Waals surface area contributed by atoms with E-state index in [1.165, 1.54) is 67.2 Å². The Morgan fingerprint density at radius 2 is 1.53 bits per heavy atom. The minimum atomic E-state index is -1.79. The molecule has 10 fully saturated rings. The average molecular weight is 1180 g/mol. The van der Waals surface area contributed by atoms with Gasteiger partial charge in [-0.3, -0.25) is 0 Å². The number of aliphatic hydroxyl groups is 5. The number of aryl methyl sites for hydroxylation is 1. The maximum atomic E-state index is 15.6. The number of esters is 1. The highest BCUT2D eigenvalue weighted by molar-refractivity contribution is 5.86. The van der Waals surface area contributed by atoms with Gasteiger partial charge in [0.15, 0.2) is 0 Å². The largest absolute Gasteiger partial charge is 0.454 e. The Kier molecular flexibility index (Phi) is 14.0. The number of benzene rings is 3. The van der Waals surface area contributed by atoms with Crippen molar-refractivity contribution in [3.8, 4) is 11.8 Å². The molecule has 0 amide bonds. The summed E-state index contributed by atoms with van der Waals surface area (Å²) in [4.78, 5) is 29.9. The predicted octanol–water partition coefficient (Wildman–Crippen LogP) is 12.4. The highest BCUT2D eigenvalue weighted by atomic mass is 16.5. The lowest BCUT2D eigenvalue weighted by Crippen LogP contribution is -2.82. The molecule has 6 N–H and O–H groups in total. The Hall–Kier alpha value is -4.14. The van der Waals surface area contributed by atoms with E-state index in [2.05, 4.69) is 78.7 Å². The highest BCUT2D eigenvalue weighted by Gasteiger charge is 2.85. The first-order valence-electron chi connectivity index (χ1n) is 35.4. The second-order valence-corrected chi connectivity index (χ2v) is 32.7. The normalized spacial score (nSPS) is 45.2. The molecule has 15 aliphatic rings. The summed E-state index contributed by atoms with van der Waals surface area (Å²) >= 11 is 0. The van der Waals surface area contributed by atoms with Crippen LogP contribution in [0.3, 0.4) is 0 Å². The SMILES string of the molecule is CNC1Cc2c(cccc2CO)C#CC23CCC(Cc4cccc(c4)C4(CCCCC4)c4cccc(c4)CCC4CCC5(C4)CC4(C=O)C6CCC7(C2)C2C8=CC(=O)OC8C1CC2CC7(O)C6(O)CC1CC(C(C)C2CCCC2)CCC(C5O)C14O)C3. The predicted molar refractivity (Wildman–Crippen MR) is 336 cm³/mol. The molecule has 3 aromatic rings. The van der Waals surface area contributed by atoms with E-state index < -0.39 is 68.4 Å². The first-order chi connectivity index (χ1) is 42.1. The van der Waals surface area contributed by atoms with Crippen LogP contribution < -0.4 is 5.32 Å². The molecule has 464 valence electrons. The quantitative estimate of drug-likeness (QED) is 0.0832. The number of aliphatic hydroxyl groups excluding tert-OH is 2. The van der Waals surface area contributed by atoms with Gasteiger partial charge in [-0.1, -0.05) is 124 Å². The van der Waals surface area contributed by atoms with Crippen LogP contribution in [0, 0.1) is 98.6 Å². The third kappa shape index (κ3) is 8.30. The molecule has 0 aromatic heterocycles. The van der Waals surface area contributed by atoms with Gasteiger partial charge in [-0.05, 0) is 246 Å². The molecule has 1 aliphatic heterocycles. The Morgan fingerprint density at radius 3 is 2.31 bits per heavy atom. The molecule has 1 heterocycles. The highest BCUT2D eigenvalue weighted by Crippen LogP contribution is 2.80. The zero-order chi connectivity index (χ0) is 59.5. The molecule has 10 saturated carbocycles. The lowest BCUT2D eigenvalue weighted by molar-refractivity contribution is -0.356. The summed E-state index contributed by atoms with van der Waals surface area (Å²) in [5, 5.41) is 74.0. The summed E-state index contributed by atoms with van der Waals surface area (Å²) in [5.41, 5.74) is 0.505. The van der Waals surface area contributed by atoms with Crippen molar-refractivity contribution in [1.82, 2.24) is 5.32 Å². The van der Waals surface area contributed by atoms with Gasteiger partial charge in [-0.15, -0.1) is 0 Å². The van der Waals surface area contributed by atoms with E-state index >= 15 is 15.0 Å². The Balaban J connectivity index is 0.916. The van der Waals surface area contributed by atoms with Crippen molar-refractivity contribution in [2.75, 3.05) is 7.05 Å². The molecular formula is C78H99NO8. The van der Waals surface area contributed by atoms with E-state index in [0.29, 0.717) is 81.5 Å². The number of carbonyl (C=O) groups excluding carboxylic acids is 2. The minimum absolute atomic E-state index is 0.0775. The van der Waals surface area contributed by atoms with Gasteiger partial charge in [-0.25, -0.2) is 4.79 Å². The van der Waals surface area contributed by atoms with Gasteiger partial charge in [-0.2, -0.15) is 0 Å². The number of rotatable bonds is 5. The van der Waals surface area contributed by atoms with Crippen molar-refractivity contribution in [2.45, 2.75) is 240 Å². The van der Waals surface area contributed by atoms with E-state index in [0.717, 1.165) is 106 Å². The summed E-state index contributed by atoms with van der Waals surface area (Å²) in [6, 6.07) is 25.2. The molecule has 4 spiro atoms. The molecule has 18 rings (SSSR count). The zero-order valence-corrected chi connectivity index (χ0v) is 52.3. The number of fused-ring (bicyclic) bond motifs is 3. The lowest BCUT2D eigenvalue weighted by atomic mass is 9.33. The number of nitrogens with one attached hydrogen (secondary N) is 1. The molecular weight excluding hydrogens is 1080 g/mol. The van der Waals surface area contributed by atoms with Gasteiger partial charge in [0.05, 0.1) is 29.3 Å². The monoisotopic (exact) mass is 1180 g/mol. The summed E-state index contributed by atoms with van der Waals surface area (Å²) in [6.07, 6.45) is 26.0. The lowest BCUT2D eigenvalue weighted by Gasteiger charge is -2.74. The van der Waals surface area contributed by atoms with Crippen LogP contribution in [0.5, 0.6) is 0 Å². The molecule has 87 heavy (non-hydrogen) atoms. The third-order valence-electron chi connectivity index (χ3n) is 29.5. The van der Waals surface area contributed by atoms with Crippen molar-refractivity contribution in [1.29, 1.82) is 0 Å². The molecule has 9 nitrogen and oxygen atoms in total. The molecule has 20 unspecified atom stereocenters. The molecule has 0 radical (unpaired) electrons. The Morgan fingerprint density at radius 1 is 0.759 bits per heavy atom. The Bertz CT molecular complexity index is 3310. The maximum Gasteiger partial charge on any atom is 0.331 e. The fourth-order valence-electron chi connectivity index (χ4n) is 25.8. The van der Waals surface area contributed by atoms with E-state index in [1.807, 2.05) is 19.2 Å². The fourth-order valence-corrected chi connectivity index (χ4v) is 25.8. The van der Waals surface area contributed by atoms with Crippen LogP contribution in [-0.2, 0) is 45.6 Å². The topological polar surface area (TPSA) is 157 Å². The summed E-state index contributed by atoms with van der Waals surface area (Å²) in [7, 11) is 1.99. The van der Waals surface area contributed by atoms with Crippen LogP contribution in [-0.4, -0.2) is 79.9 Å². The number of carbonyl (C=O) groups is 2. The van der Waals surface area contributed by atoms with Gasteiger partial charge >= 0.3 is 5.97 Å². The van der Waals surface area contributed by atoms with E-state index in [-0.39, 0.29) is 54.1 Å². The van der Waals surface area contributed by atoms with Gasteiger partial charge < -0.3 is 40.4 Å².